The molecule has 2 nitrogen and oxygen atoms in total. The first-order valence-electron chi connectivity index (χ1n) is 4.76. The average Bonchev–Trinajstić information content (AvgIpc) is 2.21. The lowest BCUT2D eigenvalue weighted by Crippen LogP contribution is -1.97. The van der Waals surface area contributed by atoms with Gasteiger partial charge in [-0.1, -0.05) is 13.5 Å². The van der Waals surface area contributed by atoms with E-state index >= 15 is 0 Å². The predicted octanol–water partition coefficient (Wildman–Crippen LogP) is 3.43. The molecule has 0 saturated carbocycles. The van der Waals surface area contributed by atoms with E-state index in [1.807, 2.05) is 19.9 Å². The van der Waals surface area contributed by atoms with Crippen molar-refractivity contribution in [3.8, 4) is 5.75 Å². The molecule has 3 heteroatoms. The molecule has 0 aromatic heterocycles. The van der Waals surface area contributed by atoms with Crippen LogP contribution in [0.5, 0.6) is 5.75 Å². The van der Waals surface area contributed by atoms with Gasteiger partial charge in [-0.3, -0.25) is 4.99 Å². The molecule has 0 spiro atoms. The van der Waals surface area contributed by atoms with E-state index in [0.29, 0.717) is 5.75 Å². The fourth-order valence-electron chi connectivity index (χ4n) is 1.51. The minimum Gasteiger partial charge on any atom is -0.507 e. The summed E-state index contributed by atoms with van der Waals surface area (Å²) in [5.41, 5.74) is 3.07. The molecule has 0 bridgehead atoms. The molecular weight excluding hydrogens is 301 g/mol. The number of aliphatic imine (C=N–C) groups is 1. The van der Waals surface area contributed by atoms with Gasteiger partial charge in [-0.2, -0.15) is 0 Å². The van der Waals surface area contributed by atoms with Crippen LogP contribution in [0.3, 0.4) is 0 Å². The van der Waals surface area contributed by atoms with E-state index in [2.05, 4.69) is 34.2 Å². The third-order valence-corrected chi connectivity index (χ3v) is 3.09. The third-order valence-electron chi connectivity index (χ3n) is 2.27. The van der Waals surface area contributed by atoms with Gasteiger partial charge in [0, 0.05) is 23.5 Å². The van der Waals surface area contributed by atoms with Crippen molar-refractivity contribution in [2.75, 3.05) is 0 Å². The number of aryl methyl sites for hydroxylation is 1. The molecule has 0 fully saturated rings. The summed E-state index contributed by atoms with van der Waals surface area (Å²) in [5.74, 6) is 0.370. The van der Waals surface area contributed by atoms with Gasteiger partial charge in [0.1, 0.15) is 5.75 Å². The lowest BCUT2D eigenvalue weighted by atomic mass is 10.00. The van der Waals surface area contributed by atoms with Crippen LogP contribution in [0.2, 0.25) is 0 Å². The maximum Gasteiger partial charge on any atom is 0.132 e. The Labute approximate surface area is 104 Å². The van der Waals surface area contributed by atoms with E-state index in [1.165, 1.54) is 6.20 Å². The molecule has 15 heavy (non-hydrogen) atoms. The van der Waals surface area contributed by atoms with E-state index in [0.717, 1.165) is 26.7 Å². The van der Waals surface area contributed by atoms with Crippen molar-refractivity contribution in [3.63, 3.8) is 0 Å². The van der Waals surface area contributed by atoms with Crippen LogP contribution in [-0.4, -0.2) is 11.3 Å². The van der Waals surface area contributed by atoms with Gasteiger partial charge in [0.05, 0.1) is 3.57 Å². The van der Waals surface area contributed by atoms with Gasteiger partial charge in [-0.05, 0) is 47.6 Å². The van der Waals surface area contributed by atoms with E-state index < -0.39 is 0 Å². The van der Waals surface area contributed by atoms with E-state index in [4.69, 9.17) is 0 Å². The molecule has 0 heterocycles. The first kappa shape index (κ1) is 12.2. The van der Waals surface area contributed by atoms with Gasteiger partial charge in [0.25, 0.3) is 0 Å². The quantitative estimate of drug-likeness (QED) is 0.673. The zero-order chi connectivity index (χ0) is 11.4. The van der Waals surface area contributed by atoms with Gasteiger partial charge < -0.3 is 5.11 Å². The molecule has 1 aromatic rings. The largest absolute Gasteiger partial charge is 0.507 e. The highest BCUT2D eigenvalue weighted by atomic mass is 127. The van der Waals surface area contributed by atoms with Crippen LogP contribution >= 0.6 is 22.6 Å². The molecule has 1 rings (SSSR count). The van der Waals surface area contributed by atoms with Crippen LogP contribution < -0.4 is 0 Å². The average molecular weight is 315 g/mol. The fourth-order valence-corrected chi connectivity index (χ4v) is 2.30. The Morgan fingerprint density at radius 1 is 1.60 bits per heavy atom. The second-order valence-corrected chi connectivity index (χ2v) is 4.39. The Morgan fingerprint density at radius 2 is 2.27 bits per heavy atom. The first-order valence-corrected chi connectivity index (χ1v) is 5.84. The van der Waals surface area contributed by atoms with Crippen molar-refractivity contribution in [2.24, 2.45) is 4.99 Å². The van der Waals surface area contributed by atoms with Crippen molar-refractivity contribution >= 4 is 28.8 Å². The maximum absolute atomic E-state index is 9.91. The molecule has 0 aliphatic rings. The van der Waals surface area contributed by atoms with Crippen molar-refractivity contribution in [3.05, 3.63) is 39.1 Å². The van der Waals surface area contributed by atoms with Crippen LogP contribution in [0.25, 0.3) is 0 Å². The minimum atomic E-state index is 0.370. The highest BCUT2D eigenvalue weighted by Gasteiger charge is 2.11. The number of aromatic hydroxyl groups is 1. The van der Waals surface area contributed by atoms with Gasteiger partial charge in [-0.15, -0.1) is 0 Å². The zero-order valence-corrected chi connectivity index (χ0v) is 11.1. The molecule has 1 aromatic carbocycles. The number of halogens is 1. The molecule has 0 radical (unpaired) electrons. The molecule has 0 saturated heterocycles. The molecule has 0 amide bonds. The molecule has 0 unspecified atom stereocenters. The van der Waals surface area contributed by atoms with Crippen molar-refractivity contribution in [1.82, 2.24) is 0 Å². The Balaban J connectivity index is 3.41. The lowest BCUT2D eigenvalue weighted by Gasteiger charge is -2.11. The number of hydrogen-bond donors (Lipinski definition) is 1. The highest BCUT2D eigenvalue weighted by Crippen LogP contribution is 2.29. The van der Waals surface area contributed by atoms with Gasteiger partial charge in [-0.25, -0.2) is 0 Å². The maximum atomic E-state index is 9.91. The van der Waals surface area contributed by atoms with Gasteiger partial charge in [0.15, 0.2) is 0 Å². The summed E-state index contributed by atoms with van der Waals surface area (Å²) in [6.45, 7) is 7.58. The Hall–Kier alpha value is -0.840. The second-order valence-electron chi connectivity index (χ2n) is 3.23. The molecule has 1 N–H and O–H groups in total. The number of phenols is 1. The number of hydrogen-bond acceptors (Lipinski definition) is 2. The molecule has 0 aliphatic heterocycles. The van der Waals surface area contributed by atoms with Crippen LogP contribution in [0.1, 0.15) is 23.6 Å². The van der Waals surface area contributed by atoms with E-state index in [9.17, 15) is 5.11 Å². The summed E-state index contributed by atoms with van der Waals surface area (Å²) in [5, 5.41) is 9.91. The van der Waals surface area contributed by atoms with Crippen molar-refractivity contribution in [2.45, 2.75) is 20.3 Å². The van der Waals surface area contributed by atoms with Crippen LogP contribution in [0.4, 0.5) is 0 Å². The first-order chi connectivity index (χ1) is 7.11. The van der Waals surface area contributed by atoms with Crippen LogP contribution in [-0.2, 0) is 6.42 Å². The smallest absolute Gasteiger partial charge is 0.132 e. The molecule has 80 valence electrons. The highest BCUT2D eigenvalue weighted by molar-refractivity contribution is 14.1. The fraction of sp³-hybridized carbons (Fsp3) is 0.250. The normalized spacial score (nSPS) is 10.9. The summed E-state index contributed by atoms with van der Waals surface area (Å²) in [7, 11) is 0. The standard InChI is InChI=1S/C12H14INO/c1-4-9-10(7-14-5-2)8(3)6-11(13)12(9)15/h5-7,15H,2,4H2,1,3H3/b14-7-. The Bertz CT molecular complexity index is 411. The summed E-state index contributed by atoms with van der Waals surface area (Å²) in [4.78, 5) is 4.01. The number of nitrogens with zero attached hydrogens (tertiary/aromatic N) is 1. The SMILES string of the molecule is C=C/N=C\c1c(C)cc(I)c(O)c1CC. The van der Waals surface area contributed by atoms with Crippen LogP contribution in [0, 0.1) is 10.5 Å². The van der Waals surface area contributed by atoms with Crippen molar-refractivity contribution in [1.29, 1.82) is 0 Å². The summed E-state index contributed by atoms with van der Waals surface area (Å²) in [6.07, 6.45) is 4.03. The van der Waals surface area contributed by atoms with Gasteiger partial charge in [0.2, 0.25) is 0 Å². The number of rotatable bonds is 3. The monoisotopic (exact) mass is 315 g/mol. The van der Waals surface area contributed by atoms with E-state index in [-0.39, 0.29) is 0 Å². The van der Waals surface area contributed by atoms with E-state index in [1.54, 1.807) is 6.21 Å². The van der Waals surface area contributed by atoms with Gasteiger partial charge >= 0.3 is 0 Å². The molecule has 0 aliphatic carbocycles. The summed E-state index contributed by atoms with van der Waals surface area (Å²) in [6, 6.07) is 1.96. The Kier molecular flexibility index (Phi) is 4.32. The second kappa shape index (κ2) is 5.30. The summed E-state index contributed by atoms with van der Waals surface area (Å²) < 4.78 is 0.887. The molecule has 0 atom stereocenters. The van der Waals surface area contributed by atoms with Crippen molar-refractivity contribution < 1.29 is 5.11 Å². The molecular formula is C12H14INO. The minimum absolute atomic E-state index is 0.370. The Morgan fingerprint density at radius 3 is 2.80 bits per heavy atom. The number of phenolic OH excluding ortho intramolecular Hbond substituents is 1. The lowest BCUT2D eigenvalue weighted by molar-refractivity contribution is 0.464. The number of benzene rings is 1. The third kappa shape index (κ3) is 2.59. The zero-order valence-electron chi connectivity index (χ0n) is 8.92. The predicted molar refractivity (Wildman–Crippen MR) is 72.7 cm³/mol. The van der Waals surface area contributed by atoms with Crippen LogP contribution in [0.15, 0.2) is 23.8 Å². The topological polar surface area (TPSA) is 32.6 Å². The summed E-state index contributed by atoms with van der Waals surface area (Å²) >= 11 is 2.14.